The Bertz CT molecular complexity index is 687. The molecule has 1 aliphatic rings. The number of carbonyl (C=O) groups is 1. The van der Waals surface area contributed by atoms with Gasteiger partial charge in [-0.25, -0.2) is 4.79 Å². The van der Waals surface area contributed by atoms with Gasteiger partial charge in [-0.05, 0) is 72.0 Å². The largest absolute Gasteiger partial charge is 0.445 e. The summed E-state index contributed by atoms with van der Waals surface area (Å²) in [6, 6.07) is 18.4. The van der Waals surface area contributed by atoms with Crippen molar-refractivity contribution in [2.75, 3.05) is 6.54 Å². The molecule has 24 heavy (non-hydrogen) atoms. The molecule has 0 saturated carbocycles. The molecule has 0 aliphatic carbocycles. The zero-order valence-electron chi connectivity index (χ0n) is 13.9. The highest BCUT2D eigenvalue weighted by molar-refractivity contribution is 14.1. The predicted octanol–water partition coefficient (Wildman–Crippen LogP) is 5.03. The molecule has 3 nitrogen and oxygen atoms in total. The van der Waals surface area contributed by atoms with Crippen LogP contribution in [0.5, 0.6) is 0 Å². The molecular formula is C20H22INO2. The molecule has 2 aromatic carbocycles. The van der Waals surface area contributed by atoms with Gasteiger partial charge in [-0.1, -0.05) is 42.5 Å². The lowest BCUT2D eigenvalue weighted by atomic mass is 9.90. The first-order chi connectivity index (χ1) is 11.6. The van der Waals surface area contributed by atoms with E-state index in [9.17, 15) is 4.79 Å². The molecule has 1 unspecified atom stereocenters. The van der Waals surface area contributed by atoms with E-state index in [1.54, 1.807) is 0 Å². The maximum absolute atomic E-state index is 12.6. The second-order valence-electron chi connectivity index (χ2n) is 6.60. The van der Waals surface area contributed by atoms with Crippen molar-refractivity contribution in [2.45, 2.75) is 38.3 Å². The minimum absolute atomic E-state index is 0.166. The normalized spacial score (nSPS) is 20.2. The Kier molecular flexibility index (Phi) is 5.43. The number of carbonyl (C=O) groups excluding carboxylic acids is 1. The molecule has 0 spiro atoms. The van der Waals surface area contributed by atoms with Crippen molar-refractivity contribution in [1.82, 2.24) is 4.90 Å². The summed E-state index contributed by atoms with van der Waals surface area (Å²) in [6.45, 7) is 3.27. The Morgan fingerprint density at radius 3 is 2.54 bits per heavy atom. The zero-order chi connectivity index (χ0) is 17.0. The Balaban J connectivity index is 1.65. The van der Waals surface area contributed by atoms with Crippen LogP contribution in [0.15, 0.2) is 54.6 Å². The molecule has 0 N–H and O–H groups in total. The van der Waals surface area contributed by atoms with Crippen LogP contribution >= 0.6 is 22.6 Å². The van der Waals surface area contributed by atoms with Crippen molar-refractivity contribution in [1.29, 1.82) is 0 Å². The van der Waals surface area contributed by atoms with Crippen LogP contribution < -0.4 is 0 Å². The summed E-state index contributed by atoms with van der Waals surface area (Å²) >= 11 is 2.31. The lowest BCUT2D eigenvalue weighted by Gasteiger charge is -2.34. The second-order valence-corrected chi connectivity index (χ2v) is 7.84. The van der Waals surface area contributed by atoms with E-state index in [1.807, 2.05) is 35.2 Å². The maximum Gasteiger partial charge on any atom is 0.410 e. The van der Waals surface area contributed by atoms with Crippen LogP contribution in [0.3, 0.4) is 0 Å². The summed E-state index contributed by atoms with van der Waals surface area (Å²) < 4.78 is 6.78. The molecule has 2 aromatic rings. The highest BCUT2D eigenvalue weighted by Gasteiger charge is 2.40. The Morgan fingerprint density at radius 1 is 1.12 bits per heavy atom. The lowest BCUT2D eigenvalue weighted by Crippen LogP contribution is -2.46. The first-order valence-electron chi connectivity index (χ1n) is 8.30. The van der Waals surface area contributed by atoms with E-state index in [1.165, 1.54) is 9.13 Å². The van der Waals surface area contributed by atoms with Gasteiger partial charge in [-0.3, -0.25) is 0 Å². The van der Waals surface area contributed by atoms with Gasteiger partial charge < -0.3 is 9.64 Å². The predicted molar refractivity (Wildman–Crippen MR) is 104 cm³/mol. The number of amides is 1. The van der Waals surface area contributed by atoms with E-state index >= 15 is 0 Å². The number of ether oxygens (including phenoxy) is 1. The molecule has 0 radical (unpaired) electrons. The van der Waals surface area contributed by atoms with E-state index in [2.05, 4.69) is 53.8 Å². The molecule has 3 rings (SSSR count). The number of benzene rings is 2. The number of rotatable bonds is 4. The minimum atomic E-state index is -0.204. The topological polar surface area (TPSA) is 29.5 Å². The number of hydrogen-bond donors (Lipinski definition) is 0. The summed E-state index contributed by atoms with van der Waals surface area (Å²) in [4.78, 5) is 14.5. The summed E-state index contributed by atoms with van der Waals surface area (Å²) in [7, 11) is 0. The van der Waals surface area contributed by atoms with Gasteiger partial charge in [-0.15, -0.1) is 0 Å². The van der Waals surface area contributed by atoms with E-state index in [4.69, 9.17) is 4.74 Å². The highest BCUT2D eigenvalue weighted by atomic mass is 127. The number of halogens is 1. The molecule has 1 amide bonds. The van der Waals surface area contributed by atoms with E-state index in [-0.39, 0.29) is 11.6 Å². The monoisotopic (exact) mass is 435 g/mol. The zero-order valence-corrected chi connectivity index (χ0v) is 16.0. The van der Waals surface area contributed by atoms with Gasteiger partial charge in [0, 0.05) is 15.7 Å². The fourth-order valence-corrected chi connectivity index (χ4v) is 3.72. The van der Waals surface area contributed by atoms with Crippen LogP contribution in [-0.2, 0) is 17.8 Å². The number of likely N-dealkylation sites (tertiary alicyclic amines) is 1. The molecule has 1 saturated heterocycles. The Hall–Kier alpha value is -1.56. The lowest BCUT2D eigenvalue weighted by molar-refractivity contribution is 0.0701. The molecule has 1 atom stereocenters. The molecule has 1 fully saturated rings. The fraction of sp³-hybridized carbons (Fsp3) is 0.350. The van der Waals surface area contributed by atoms with Crippen LogP contribution in [0.25, 0.3) is 0 Å². The van der Waals surface area contributed by atoms with E-state index in [0.717, 1.165) is 31.4 Å². The fourth-order valence-electron chi connectivity index (χ4n) is 3.36. The van der Waals surface area contributed by atoms with E-state index < -0.39 is 0 Å². The van der Waals surface area contributed by atoms with Gasteiger partial charge in [0.1, 0.15) is 6.61 Å². The van der Waals surface area contributed by atoms with Crippen molar-refractivity contribution >= 4 is 28.7 Å². The molecule has 126 valence electrons. The smallest absolute Gasteiger partial charge is 0.410 e. The van der Waals surface area contributed by atoms with Crippen molar-refractivity contribution in [3.63, 3.8) is 0 Å². The van der Waals surface area contributed by atoms with Crippen LogP contribution in [0.2, 0.25) is 0 Å². The summed E-state index contributed by atoms with van der Waals surface area (Å²) in [5.41, 5.74) is 2.12. The molecule has 0 bridgehead atoms. The molecular weight excluding hydrogens is 413 g/mol. The van der Waals surface area contributed by atoms with Crippen molar-refractivity contribution in [2.24, 2.45) is 0 Å². The van der Waals surface area contributed by atoms with Crippen LogP contribution in [0.4, 0.5) is 4.79 Å². The molecule has 1 aliphatic heterocycles. The SMILES string of the molecule is CC1(Cc2ccc(I)cc2)CCCN1C(=O)OCc1ccccc1. The first-order valence-corrected chi connectivity index (χ1v) is 9.37. The third kappa shape index (κ3) is 4.09. The van der Waals surface area contributed by atoms with Crippen molar-refractivity contribution in [3.05, 3.63) is 69.3 Å². The molecule has 0 aromatic heterocycles. The third-order valence-electron chi connectivity index (χ3n) is 4.67. The Labute approximate surface area is 157 Å². The van der Waals surface area contributed by atoms with Crippen molar-refractivity contribution < 1.29 is 9.53 Å². The van der Waals surface area contributed by atoms with Crippen molar-refractivity contribution in [3.8, 4) is 0 Å². The van der Waals surface area contributed by atoms with Crippen LogP contribution in [0, 0.1) is 3.57 Å². The van der Waals surface area contributed by atoms with Gasteiger partial charge in [0.05, 0.1) is 0 Å². The third-order valence-corrected chi connectivity index (χ3v) is 5.39. The van der Waals surface area contributed by atoms with Crippen LogP contribution in [0.1, 0.15) is 30.9 Å². The maximum atomic E-state index is 12.6. The molecule has 1 heterocycles. The van der Waals surface area contributed by atoms with Gasteiger partial charge >= 0.3 is 6.09 Å². The standard InChI is InChI=1S/C20H22INO2/c1-20(14-16-8-10-18(21)11-9-16)12-5-13-22(20)19(23)24-15-17-6-3-2-4-7-17/h2-4,6-11H,5,12-15H2,1H3. The first kappa shape index (κ1) is 17.3. The summed E-state index contributed by atoms with van der Waals surface area (Å²) in [5, 5.41) is 0. The Morgan fingerprint density at radius 2 is 1.83 bits per heavy atom. The second kappa shape index (κ2) is 7.55. The van der Waals surface area contributed by atoms with Gasteiger partial charge in [0.15, 0.2) is 0 Å². The quantitative estimate of drug-likeness (QED) is 0.631. The highest BCUT2D eigenvalue weighted by Crippen LogP contribution is 2.33. The van der Waals surface area contributed by atoms with Gasteiger partial charge in [-0.2, -0.15) is 0 Å². The average Bonchev–Trinajstić information content (AvgIpc) is 2.97. The number of nitrogens with zero attached hydrogens (tertiary/aromatic N) is 1. The summed E-state index contributed by atoms with van der Waals surface area (Å²) in [6.07, 6.45) is 2.70. The summed E-state index contributed by atoms with van der Waals surface area (Å²) in [5.74, 6) is 0. The van der Waals surface area contributed by atoms with Gasteiger partial charge in [0.25, 0.3) is 0 Å². The number of hydrogen-bond acceptors (Lipinski definition) is 2. The van der Waals surface area contributed by atoms with E-state index in [0.29, 0.717) is 6.61 Å². The minimum Gasteiger partial charge on any atom is -0.445 e. The van der Waals surface area contributed by atoms with Gasteiger partial charge in [0.2, 0.25) is 0 Å². The molecule has 4 heteroatoms. The average molecular weight is 435 g/mol. The van der Waals surface area contributed by atoms with Crippen LogP contribution in [-0.4, -0.2) is 23.1 Å².